The molecular formula is C20H41N3O4. The monoisotopic (exact) mass is 387 g/mol. The number of ether oxygens (including phenoxy) is 2. The van der Waals surface area contributed by atoms with Crippen LogP contribution in [0.25, 0.3) is 0 Å². The van der Waals surface area contributed by atoms with Crippen LogP contribution in [0.5, 0.6) is 0 Å². The molecule has 0 aromatic heterocycles. The van der Waals surface area contributed by atoms with Gasteiger partial charge in [0.15, 0.2) is 0 Å². The predicted molar refractivity (Wildman–Crippen MR) is 109 cm³/mol. The van der Waals surface area contributed by atoms with Gasteiger partial charge in [0.1, 0.15) is 11.2 Å². The molecule has 0 spiro atoms. The van der Waals surface area contributed by atoms with Crippen molar-refractivity contribution < 1.29 is 19.1 Å². The van der Waals surface area contributed by atoms with Gasteiger partial charge in [0.25, 0.3) is 0 Å². The number of hydrogen-bond donors (Lipinski definition) is 3. The minimum Gasteiger partial charge on any atom is -0.444 e. The van der Waals surface area contributed by atoms with Crippen LogP contribution in [0.4, 0.5) is 9.59 Å². The third-order valence-electron chi connectivity index (χ3n) is 3.25. The molecule has 7 heteroatoms. The fraction of sp³-hybridized carbons (Fsp3) is 0.900. The maximum Gasteiger partial charge on any atom is 0.407 e. The van der Waals surface area contributed by atoms with Gasteiger partial charge >= 0.3 is 12.2 Å². The molecule has 0 rings (SSSR count). The highest BCUT2D eigenvalue weighted by molar-refractivity contribution is 5.68. The smallest absolute Gasteiger partial charge is 0.407 e. The van der Waals surface area contributed by atoms with E-state index in [0.29, 0.717) is 13.1 Å². The molecule has 0 saturated heterocycles. The Labute approximate surface area is 165 Å². The molecule has 0 saturated carbocycles. The number of carbonyl (C=O) groups excluding carboxylic acids is 2. The number of amides is 2. The Morgan fingerprint density at radius 2 is 1.33 bits per heavy atom. The molecule has 0 aromatic rings. The SMILES string of the molecule is CC(C)(C)NCC(CCCCNC(=O)OC(C)(C)C)NC(=O)OC(C)(C)C. The van der Waals surface area contributed by atoms with Crippen LogP contribution in [-0.4, -0.2) is 48.1 Å². The topological polar surface area (TPSA) is 88.7 Å². The van der Waals surface area contributed by atoms with Crippen LogP contribution >= 0.6 is 0 Å². The summed E-state index contributed by atoms with van der Waals surface area (Å²) in [5, 5.41) is 9.11. The molecule has 0 bridgehead atoms. The van der Waals surface area contributed by atoms with E-state index in [1.165, 1.54) is 0 Å². The van der Waals surface area contributed by atoms with E-state index in [0.717, 1.165) is 19.3 Å². The first-order valence-electron chi connectivity index (χ1n) is 9.79. The van der Waals surface area contributed by atoms with Crippen LogP contribution in [0.1, 0.15) is 81.6 Å². The Kier molecular flexibility index (Phi) is 10.1. The molecule has 0 heterocycles. The van der Waals surface area contributed by atoms with Gasteiger partial charge in [-0.05, 0) is 81.6 Å². The molecule has 0 aliphatic heterocycles. The molecule has 1 unspecified atom stereocenters. The summed E-state index contributed by atoms with van der Waals surface area (Å²) >= 11 is 0. The third kappa shape index (κ3) is 17.7. The normalized spacial score (nSPS) is 13.7. The molecular weight excluding hydrogens is 346 g/mol. The summed E-state index contributed by atoms with van der Waals surface area (Å²) in [6.07, 6.45) is 1.65. The number of alkyl carbamates (subject to hydrolysis) is 2. The van der Waals surface area contributed by atoms with Gasteiger partial charge in [-0.1, -0.05) is 0 Å². The van der Waals surface area contributed by atoms with Crippen molar-refractivity contribution in [2.24, 2.45) is 0 Å². The van der Waals surface area contributed by atoms with E-state index in [2.05, 4.69) is 36.7 Å². The summed E-state index contributed by atoms with van der Waals surface area (Å²) in [6, 6.07) is -0.0411. The third-order valence-corrected chi connectivity index (χ3v) is 3.25. The molecule has 160 valence electrons. The number of carbonyl (C=O) groups is 2. The standard InChI is InChI=1S/C20H41N3O4/c1-18(2,3)22-14-15(23-17(25)27-20(7,8)9)12-10-11-13-21-16(24)26-19(4,5)6/h15,22H,10-14H2,1-9H3,(H,21,24)(H,23,25). The quantitative estimate of drug-likeness (QED) is 0.549. The lowest BCUT2D eigenvalue weighted by Gasteiger charge is -2.27. The van der Waals surface area contributed by atoms with Gasteiger partial charge in [0, 0.05) is 24.7 Å². The van der Waals surface area contributed by atoms with E-state index in [1.54, 1.807) is 0 Å². The summed E-state index contributed by atoms with van der Waals surface area (Å²) in [5.41, 5.74) is -1.05. The molecule has 7 nitrogen and oxygen atoms in total. The average Bonchev–Trinajstić information content (AvgIpc) is 2.39. The highest BCUT2D eigenvalue weighted by Gasteiger charge is 2.21. The molecule has 0 aliphatic rings. The van der Waals surface area contributed by atoms with Crippen molar-refractivity contribution in [3.63, 3.8) is 0 Å². The predicted octanol–water partition coefficient (Wildman–Crippen LogP) is 3.96. The Morgan fingerprint density at radius 3 is 1.81 bits per heavy atom. The van der Waals surface area contributed by atoms with Gasteiger partial charge in [0.2, 0.25) is 0 Å². The van der Waals surface area contributed by atoms with Gasteiger partial charge in [-0.2, -0.15) is 0 Å². The van der Waals surface area contributed by atoms with Crippen molar-refractivity contribution in [3.8, 4) is 0 Å². The van der Waals surface area contributed by atoms with Crippen LogP contribution in [0.3, 0.4) is 0 Å². The van der Waals surface area contributed by atoms with Gasteiger partial charge in [0.05, 0.1) is 0 Å². The molecule has 0 aromatic carbocycles. The molecule has 0 radical (unpaired) electrons. The second-order valence-electron chi connectivity index (χ2n) is 9.90. The molecule has 3 N–H and O–H groups in total. The van der Waals surface area contributed by atoms with Crippen molar-refractivity contribution in [1.29, 1.82) is 0 Å². The fourth-order valence-corrected chi connectivity index (χ4v) is 2.15. The van der Waals surface area contributed by atoms with Crippen molar-refractivity contribution >= 4 is 12.2 Å². The lowest BCUT2D eigenvalue weighted by atomic mass is 10.1. The van der Waals surface area contributed by atoms with Crippen molar-refractivity contribution in [3.05, 3.63) is 0 Å². The van der Waals surface area contributed by atoms with Crippen molar-refractivity contribution in [2.45, 2.75) is 104 Å². The van der Waals surface area contributed by atoms with E-state index < -0.39 is 23.4 Å². The molecule has 0 fully saturated rings. The number of unbranched alkanes of at least 4 members (excludes halogenated alkanes) is 1. The average molecular weight is 388 g/mol. The minimum atomic E-state index is -0.524. The maximum atomic E-state index is 12.1. The van der Waals surface area contributed by atoms with Gasteiger partial charge in [-0.3, -0.25) is 0 Å². The molecule has 27 heavy (non-hydrogen) atoms. The van der Waals surface area contributed by atoms with E-state index >= 15 is 0 Å². The number of nitrogens with one attached hydrogen (secondary N) is 3. The second kappa shape index (κ2) is 10.7. The lowest BCUT2D eigenvalue weighted by molar-refractivity contribution is 0.0497. The minimum absolute atomic E-state index is 0.0356. The van der Waals surface area contributed by atoms with Crippen LogP contribution in [0.2, 0.25) is 0 Å². The zero-order valence-electron chi connectivity index (χ0n) is 18.7. The Hall–Kier alpha value is -1.50. The van der Waals surface area contributed by atoms with E-state index in [1.807, 2.05) is 41.5 Å². The van der Waals surface area contributed by atoms with Crippen LogP contribution in [-0.2, 0) is 9.47 Å². The lowest BCUT2D eigenvalue weighted by Crippen LogP contribution is -2.48. The van der Waals surface area contributed by atoms with Crippen LogP contribution < -0.4 is 16.0 Å². The second-order valence-corrected chi connectivity index (χ2v) is 9.90. The van der Waals surface area contributed by atoms with Gasteiger partial charge in [-0.15, -0.1) is 0 Å². The first kappa shape index (κ1) is 25.5. The largest absolute Gasteiger partial charge is 0.444 e. The highest BCUT2D eigenvalue weighted by atomic mass is 16.6. The first-order valence-corrected chi connectivity index (χ1v) is 9.79. The van der Waals surface area contributed by atoms with E-state index in [9.17, 15) is 9.59 Å². The highest BCUT2D eigenvalue weighted by Crippen LogP contribution is 2.09. The van der Waals surface area contributed by atoms with Gasteiger partial charge in [-0.25, -0.2) is 9.59 Å². The Morgan fingerprint density at radius 1 is 0.815 bits per heavy atom. The fourth-order valence-electron chi connectivity index (χ4n) is 2.15. The summed E-state index contributed by atoms with van der Waals surface area (Å²) < 4.78 is 10.6. The van der Waals surface area contributed by atoms with Crippen LogP contribution in [0.15, 0.2) is 0 Å². The molecule has 1 atom stereocenters. The Bertz CT molecular complexity index is 459. The summed E-state index contributed by atoms with van der Waals surface area (Å²) in [6.45, 7) is 18.5. The zero-order chi connectivity index (χ0) is 21.3. The summed E-state index contributed by atoms with van der Waals surface area (Å²) in [5.74, 6) is 0. The van der Waals surface area contributed by atoms with Gasteiger partial charge < -0.3 is 25.4 Å². The number of hydrogen-bond acceptors (Lipinski definition) is 5. The van der Waals surface area contributed by atoms with E-state index in [-0.39, 0.29) is 11.6 Å². The first-order chi connectivity index (χ1) is 12.1. The Balaban J connectivity index is 4.34. The van der Waals surface area contributed by atoms with E-state index in [4.69, 9.17) is 9.47 Å². The van der Waals surface area contributed by atoms with Crippen molar-refractivity contribution in [1.82, 2.24) is 16.0 Å². The molecule has 0 aliphatic carbocycles. The van der Waals surface area contributed by atoms with Crippen LogP contribution in [0, 0.1) is 0 Å². The summed E-state index contributed by atoms with van der Waals surface area (Å²) in [4.78, 5) is 23.7. The zero-order valence-corrected chi connectivity index (χ0v) is 18.7. The number of rotatable bonds is 8. The summed E-state index contributed by atoms with van der Waals surface area (Å²) in [7, 11) is 0. The maximum absolute atomic E-state index is 12.1. The molecule has 2 amide bonds. The van der Waals surface area contributed by atoms with Crippen molar-refractivity contribution in [2.75, 3.05) is 13.1 Å².